The molecule has 8 heteroatoms. The minimum Gasteiger partial charge on any atom is -0.494 e. The summed E-state index contributed by atoms with van der Waals surface area (Å²) in [5, 5.41) is 4.10. The summed E-state index contributed by atoms with van der Waals surface area (Å²) >= 11 is 0. The number of hydrogen-bond acceptors (Lipinski definition) is 8. The molecule has 24 heavy (non-hydrogen) atoms. The molecular formula is C16H22O8. The highest BCUT2D eigenvalue weighted by atomic mass is 17.5. The number of ether oxygens (including phenoxy) is 3. The molecule has 1 aromatic rings. The first-order chi connectivity index (χ1) is 11.6. The van der Waals surface area contributed by atoms with Gasteiger partial charge < -0.3 is 14.2 Å². The van der Waals surface area contributed by atoms with Crippen molar-refractivity contribution < 1.29 is 38.6 Å². The van der Waals surface area contributed by atoms with Crippen LogP contribution in [0, 0.1) is 0 Å². The molecular weight excluding hydrogens is 320 g/mol. The Kier molecular flexibility index (Phi) is 9.25. The average molecular weight is 342 g/mol. The van der Waals surface area contributed by atoms with Gasteiger partial charge in [0.25, 0.3) is 0 Å². The Morgan fingerprint density at radius 2 is 1.83 bits per heavy atom. The van der Waals surface area contributed by atoms with E-state index >= 15 is 0 Å². The van der Waals surface area contributed by atoms with Crippen molar-refractivity contribution in [1.29, 1.82) is 0 Å². The lowest BCUT2D eigenvalue weighted by atomic mass is 10.2. The number of unbranched alkanes of at least 4 members (excludes halogenated alkanes) is 1. The molecule has 0 aromatic heterocycles. The quantitative estimate of drug-likeness (QED) is 0.277. The van der Waals surface area contributed by atoms with Crippen LogP contribution >= 0.6 is 0 Å². The van der Waals surface area contributed by atoms with Gasteiger partial charge in [-0.05, 0) is 37.6 Å². The number of carbonyl (C=O) groups excluding carboxylic acids is 2. The lowest BCUT2D eigenvalue weighted by Crippen LogP contribution is -2.21. The van der Waals surface area contributed by atoms with E-state index < -0.39 is 18.2 Å². The molecule has 0 radical (unpaired) electrons. The number of methoxy groups -OCH3 is 1. The van der Waals surface area contributed by atoms with Gasteiger partial charge in [-0.25, -0.2) is 14.5 Å². The molecule has 0 aliphatic heterocycles. The monoisotopic (exact) mass is 342 g/mol. The fraction of sp³-hybridized carbons (Fsp3) is 0.500. The van der Waals surface area contributed by atoms with Crippen molar-refractivity contribution in [2.75, 3.05) is 20.3 Å². The van der Waals surface area contributed by atoms with Crippen LogP contribution < -0.4 is 4.74 Å². The van der Waals surface area contributed by atoms with Gasteiger partial charge in [-0.3, -0.25) is 4.89 Å². The van der Waals surface area contributed by atoms with Gasteiger partial charge in [0.2, 0.25) is 0 Å². The number of benzene rings is 1. The van der Waals surface area contributed by atoms with E-state index in [1.807, 2.05) is 0 Å². The highest BCUT2D eigenvalue weighted by Crippen LogP contribution is 2.13. The minimum atomic E-state index is -1.15. The summed E-state index contributed by atoms with van der Waals surface area (Å²) < 4.78 is 15.0. The lowest BCUT2D eigenvalue weighted by Gasteiger charge is -2.10. The summed E-state index contributed by atoms with van der Waals surface area (Å²) in [7, 11) is 1.46. The maximum absolute atomic E-state index is 11.7. The first-order valence-electron chi connectivity index (χ1n) is 7.54. The average Bonchev–Trinajstić information content (AvgIpc) is 2.55. The zero-order valence-electron chi connectivity index (χ0n) is 14.0. The summed E-state index contributed by atoms with van der Waals surface area (Å²) in [6.45, 7) is 4.47. The fourth-order valence-electron chi connectivity index (χ4n) is 1.60. The lowest BCUT2D eigenvalue weighted by molar-refractivity contribution is -0.453. The van der Waals surface area contributed by atoms with Crippen LogP contribution in [0.4, 0.5) is 4.79 Å². The summed E-state index contributed by atoms with van der Waals surface area (Å²) in [5.74, 6) is -0.180. The summed E-state index contributed by atoms with van der Waals surface area (Å²) in [6, 6.07) is 6.28. The summed E-state index contributed by atoms with van der Waals surface area (Å²) in [5.41, 5.74) is 0.211. The van der Waals surface area contributed by atoms with Gasteiger partial charge in [0.15, 0.2) is 0 Å². The van der Waals surface area contributed by atoms with Gasteiger partial charge in [0.05, 0.1) is 23.8 Å². The number of hydrogen-bond donors (Lipinski definition) is 0. The Bertz CT molecular complexity index is 499. The van der Waals surface area contributed by atoms with Crippen molar-refractivity contribution >= 4 is 12.1 Å². The molecule has 0 saturated carbocycles. The molecule has 0 spiro atoms. The topological polar surface area (TPSA) is 89.5 Å². The predicted molar refractivity (Wildman–Crippen MR) is 82.2 cm³/mol. The van der Waals surface area contributed by atoms with E-state index in [1.165, 1.54) is 19.2 Å². The molecule has 0 amide bonds. The first kappa shape index (κ1) is 19.7. The van der Waals surface area contributed by atoms with Crippen molar-refractivity contribution in [2.24, 2.45) is 0 Å². The SMILES string of the molecule is CCCCOc1ccc(C(=O)OOOC(=O)OC(C)COC)cc1. The molecule has 0 aliphatic rings. The van der Waals surface area contributed by atoms with E-state index in [2.05, 4.69) is 21.7 Å². The molecule has 0 fully saturated rings. The zero-order chi connectivity index (χ0) is 17.8. The van der Waals surface area contributed by atoms with Crippen molar-refractivity contribution in [1.82, 2.24) is 0 Å². The highest BCUT2D eigenvalue weighted by Gasteiger charge is 2.14. The van der Waals surface area contributed by atoms with Crippen molar-refractivity contribution in [3.63, 3.8) is 0 Å². The smallest absolute Gasteiger partial charge is 0.494 e. The van der Waals surface area contributed by atoms with Crippen LogP contribution in [0.2, 0.25) is 0 Å². The van der Waals surface area contributed by atoms with Gasteiger partial charge in [0, 0.05) is 7.11 Å². The molecule has 0 saturated heterocycles. The minimum absolute atomic E-state index is 0.196. The van der Waals surface area contributed by atoms with Crippen LogP contribution in [0.3, 0.4) is 0 Å². The van der Waals surface area contributed by atoms with Gasteiger partial charge >= 0.3 is 12.1 Å². The Labute approximate surface area is 140 Å². The van der Waals surface area contributed by atoms with E-state index in [0.29, 0.717) is 12.4 Å². The van der Waals surface area contributed by atoms with E-state index in [-0.39, 0.29) is 12.2 Å². The van der Waals surface area contributed by atoms with Crippen LogP contribution in [-0.2, 0) is 24.3 Å². The number of carbonyl (C=O) groups is 2. The van der Waals surface area contributed by atoms with E-state index in [1.54, 1.807) is 19.1 Å². The first-order valence-corrected chi connectivity index (χ1v) is 7.54. The van der Waals surface area contributed by atoms with Gasteiger partial charge in [-0.1, -0.05) is 13.3 Å². The second-order valence-electron chi connectivity index (χ2n) is 4.88. The Morgan fingerprint density at radius 3 is 2.46 bits per heavy atom. The Hall–Kier alpha value is -2.32. The normalized spacial score (nSPS) is 11.5. The molecule has 0 N–H and O–H groups in total. The van der Waals surface area contributed by atoms with Crippen LogP contribution in [-0.4, -0.2) is 38.6 Å². The third-order valence-electron chi connectivity index (χ3n) is 2.77. The molecule has 1 aromatic carbocycles. The predicted octanol–water partition coefficient (Wildman–Crippen LogP) is 3.06. The Morgan fingerprint density at radius 1 is 1.12 bits per heavy atom. The van der Waals surface area contributed by atoms with E-state index in [9.17, 15) is 9.59 Å². The second-order valence-corrected chi connectivity index (χ2v) is 4.88. The molecule has 0 bridgehead atoms. The van der Waals surface area contributed by atoms with Gasteiger partial charge in [0.1, 0.15) is 11.9 Å². The van der Waals surface area contributed by atoms with Crippen LogP contribution in [0.25, 0.3) is 0 Å². The van der Waals surface area contributed by atoms with E-state index in [4.69, 9.17) is 14.2 Å². The maximum atomic E-state index is 11.7. The molecule has 1 rings (SSSR count). The van der Waals surface area contributed by atoms with Crippen molar-refractivity contribution in [3.05, 3.63) is 29.8 Å². The largest absolute Gasteiger partial charge is 0.543 e. The van der Waals surface area contributed by atoms with Crippen LogP contribution in [0.1, 0.15) is 37.0 Å². The zero-order valence-corrected chi connectivity index (χ0v) is 14.0. The second kappa shape index (κ2) is 11.3. The maximum Gasteiger partial charge on any atom is 0.543 e. The third-order valence-corrected chi connectivity index (χ3v) is 2.77. The Balaban J connectivity index is 2.31. The third kappa shape index (κ3) is 7.80. The van der Waals surface area contributed by atoms with Crippen LogP contribution in [0.5, 0.6) is 5.75 Å². The van der Waals surface area contributed by atoms with Crippen LogP contribution in [0.15, 0.2) is 24.3 Å². The van der Waals surface area contributed by atoms with E-state index in [0.717, 1.165) is 12.8 Å². The summed E-state index contributed by atoms with van der Waals surface area (Å²) in [4.78, 5) is 31.4. The molecule has 0 aliphatic carbocycles. The molecule has 134 valence electrons. The fourth-order valence-corrected chi connectivity index (χ4v) is 1.60. The molecule has 1 atom stereocenters. The molecule has 1 unspecified atom stereocenters. The number of rotatable bonds is 10. The highest BCUT2D eigenvalue weighted by molar-refractivity contribution is 5.89. The van der Waals surface area contributed by atoms with Gasteiger partial charge in [-0.15, -0.1) is 0 Å². The molecule has 0 heterocycles. The summed E-state index contributed by atoms with van der Waals surface area (Å²) in [6.07, 6.45) is 0.316. The van der Waals surface area contributed by atoms with Crippen molar-refractivity contribution in [3.8, 4) is 5.75 Å². The molecule has 8 nitrogen and oxygen atoms in total. The standard InChI is InChI=1S/C16H22O8/c1-4-5-10-20-14-8-6-13(7-9-14)15(17)22-24-23-16(18)21-12(2)11-19-3/h6-9,12H,4-5,10-11H2,1-3H3. The van der Waals surface area contributed by atoms with Gasteiger partial charge in [-0.2, -0.15) is 0 Å². The van der Waals surface area contributed by atoms with Crippen molar-refractivity contribution in [2.45, 2.75) is 32.8 Å².